The summed E-state index contributed by atoms with van der Waals surface area (Å²) in [6.07, 6.45) is 0. The Morgan fingerprint density at radius 3 is 2.55 bits per heavy atom. The van der Waals surface area contributed by atoms with E-state index in [0.29, 0.717) is 29.3 Å². The molecule has 0 fully saturated rings. The van der Waals surface area contributed by atoms with Crippen LogP contribution in [0.2, 0.25) is 0 Å². The molecule has 2 N–H and O–H groups in total. The third-order valence-electron chi connectivity index (χ3n) is 4.48. The minimum atomic E-state index is -0.319. The molecule has 1 aliphatic rings. The molecule has 1 aliphatic heterocycles. The van der Waals surface area contributed by atoms with E-state index >= 15 is 0 Å². The smallest absolute Gasteiger partial charge is 0.251 e. The van der Waals surface area contributed by atoms with E-state index < -0.39 is 0 Å². The number of benzene rings is 3. The molecule has 31 heavy (non-hydrogen) atoms. The molecule has 0 bridgehead atoms. The van der Waals surface area contributed by atoms with Crippen LogP contribution in [0.1, 0.15) is 22.8 Å². The first-order chi connectivity index (χ1) is 15.0. The van der Waals surface area contributed by atoms with Gasteiger partial charge in [-0.05, 0) is 60.2 Å². The van der Waals surface area contributed by atoms with Gasteiger partial charge in [0.05, 0.1) is 5.69 Å². The van der Waals surface area contributed by atoms with E-state index in [1.165, 1.54) is 30.8 Å². The number of carbonyl (C=O) groups excluding carboxylic acids is 2. The largest absolute Gasteiger partial charge is 0.454 e. The molecule has 0 saturated heterocycles. The first kappa shape index (κ1) is 20.7. The molecule has 0 unspecified atom stereocenters. The second-order valence-electron chi connectivity index (χ2n) is 6.82. The Balaban J connectivity index is 1.48. The summed E-state index contributed by atoms with van der Waals surface area (Å²) in [5.41, 5.74) is 1.80. The van der Waals surface area contributed by atoms with E-state index in [9.17, 15) is 14.0 Å². The molecule has 8 heteroatoms. The van der Waals surface area contributed by atoms with E-state index in [0.717, 1.165) is 15.4 Å². The number of carbonyl (C=O) groups is 2. The fraction of sp³-hybridized carbons (Fsp3) is 0.130. The van der Waals surface area contributed by atoms with Gasteiger partial charge in [0.1, 0.15) is 5.82 Å². The SMILES string of the molecule is CC(=O)Nc1cc(C(=O)NCc2ccc3c(c2)OCO3)ccc1Sc1ccc(F)cc1. The number of nitrogens with one attached hydrogen (secondary N) is 2. The molecular weight excluding hydrogens is 419 g/mol. The van der Waals surface area contributed by atoms with E-state index in [4.69, 9.17) is 9.47 Å². The third kappa shape index (κ3) is 5.16. The van der Waals surface area contributed by atoms with Crippen molar-refractivity contribution in [2.45, 2.75) is 23.3 Å². The van der Waals surface area contributed by atoms with Crippen molar-refractivity contribution < 1.29 is 23.5 Å². The van der Waals surface area contributed by atoms with Crippen LogP contribution in [-0.4, -0.2) is 18.6 Å². The minimum absolute atomic E-state index is 0.194. The Morgan fingerprint density at radius 2 is 1.77 bits per heavy atom. The molecule has 0 spiro atoms. The summed E-state index contributed by atoms with van der Waals surface area (Å²) in [5, 5.41) is 5.62. The Kier molecular flexibility index (Phi) is 6.08. The molecule has 3 aromatic carbocycles. The van der Waals surface area contributed by atoms with Crippen molar-refractivity contribution in [3.05, 3.63) is 77.6 Å². The third-order valence-corrected chi connectivity index (χ3v) is 5.57. The molecule has 0 atom stereocenters. The van der Waals surface area contributed by atoms with Crippen molar-refractivity contribution in [3.8, 4) is 11.5 Å². The van der Waals surface area contributed by atoms with Gasteiger partial charge in [-0.15, -0.1) is 0 Å². The van der Waals surface area contributed by atoms with Crippen molar-refractivity contribution in [1.82, 2.24) is 5.32 Å². The summed E-state index contributed by atoms with van der Waals surface area (Å²) in [4.78, 5) is 25.9. The molecule has 2 amide bonds. The van der Waals surface area contributed by atoms with Gasteiger partial charge in [0, 0.05) is 28.8 Å². The fourth-order valence-corrected chi connectivity index (χ4v) is 3.89. The van der Waals surface area contributed by atoms with Gasteiger partial charge in [-0.1, -0.05) is 17.8 Å². The maximum Gasteiger partial charge on any atom is 0.251 e. The number of halogens is 1. The van der Waals surface area contributed by atoms with Crippen LogP contribution < -0.4 is 20.1 Å². The van der Waals surface area contributed by atoms with E-state index in [1.807, 2.05) is 12.1 Å². The fourth-order valence-electron chi connectivity index (χ4n) is 3.01. The lowest BCUT2D eigenvalue weighted by atomic mass is 10.1. The van der Waals surface area contributed by atoms with Crippen LogP contribution in [0.4, 0.5) is 10.1 Å². The van der Waals surface area contributed by atoms with Gasteiger partial charge in [0.25, 0.3) is 5.91 Å². The topological polar surface area (TPSA) is 76.7 Å². The lowest BCUT2D eigenvalue weighted by Gasteiger charge is -2.12. The number of ether oxygens (including phenoxy) is 2. The van der Waals surface area contributed by atoms with Gasteiger partial charge >= 0.3 is 0 Å². The molecule has 3 aromatic rings. The van der Waals surface area contributed by atoms with Crippen molar-refractivity contribution in [2.75, 3.05) is 12.1 Å². The van der Waals surface area contributed by atoms with Crippen LogP contribution in [0.3, 0.4) is 0 Å². The summed E-state index contributed by atoms with van der Waals surface area (Å²) >= 11 is 1.37. The second kappa shape index (κ2) is 9.09. The Morgan fingerprint density at radius 1 is 1.00 bits per heavy atom. The standard InChI is InChI=1S/C23H19FN2O4S/c1-14(27)26-19-11-16(3-9-22(19)31-18-6-4-17(24)5-7-18)23(28)25-12-15-2-8-20-21(10-15)30-13-29-20/h2-11H,12-13H2,1H3,(H,25,28)(H,26,27). The molecule has 0 saturated carbocycles. The van der Waals surface area contributed by atoms with Crippen molar-refractivity contribution in [2.24, 2.45) is 0 Å². The molecule has 158 valence electrons. The van der Waals surface area contributed by atoms with Gasteiger partial charge in [-0.3, -0.25) is 9.59 Å². The number of hydrogen-bond acceptors (Lipinski definition) is 5. The van der Waals surface area contributed by atoms with E-state index in [-0.39, 0.29) is 24.4 Å². The minimum Gasteiger partial charge on any atom is -0.454 e. The zero-order chi connectivity index (χ0) is 21.8. The number of hydrogen-bond donors (Lipinski definition) is 2. The molecule has 0 radical (unpaired) electrons. The van der Waals surface area contributed by atoms with Crippen LogP contribution in [0.25, 0.3) is 0 Å². The number of fused-ring (bicyclic) bond motifs is 1. The Hall–Kier alpha value is -3.52. The summed E-state index contributed by atoms with van der Waals surface area (Å²) < 4.78 is 23.8. The average molecular weight is 438 g/mol. The average Bonchev–Trinajstić information content (AvgIpc) is 3.22. The maximum atomic E-state index is 13.2. The normalized spacial score (nSPS) is 11.8. The van der Waals surface area contributed by atoms with Crippen molar-refractivity contribution >= 4 is 29.3 Å². The monoisotopic (exact) mass is 438 g/mol. The molecular formula is C23H19FN2O4S. The predicted octanol–water partition coefficient (Wildman–Crippen LogP) is 4.59. The van der Waals surface area contributed by atoms with E-state index in [1.54, 1.807) is 36.4 Å². The van der Waals surface area contributed by atoms with Crippen molar-refractivity contribution in [3.63, 3.8) is 0 Å². The zero-order valence-corrected chi connectivity index (χ0v) is 17.4. The van der Waals surface area contributed by atoms with Crippen LogP contribution >= 0.6 is 11.8 Å². The lowest BCUT2D eigenvalue weighted by Crippen LogP contribution is -2.23. The second-order valence-corrected chi connectivity index (χ2v) is 7.93. The molecule has 0 aromatic heterocycles. The highest BCUT2D eigenvalue weighted by Gasteiger charge is 2.15. The summed E-state index contributed by atoms with van der Waals surface area (Å²) in [6, 6.07) is 16.6. The number of anilines is 1. The highest BCUT2D eigenvalue weighted by Crippen LogP contribution is 2.35. The molecule has 6 nitrogen and oxygen atoms in total. The highest BCUT2D eigenvalue weighted by molar-refractivity contribution is 7.99. The summed E-state index contributed by atoms with van der Waals surface area (Å²) in [5.74, 6) is 0.494. The number of rotatable bonds is 6. The van der Waals surface area contributed by atoms with Crippen LogP contribution in [0.15, 0.2) is 70.5 Å². The predicted molar refractivity (Wildman–Crippen MR) is 115 cm³/mol. The van der Waals surface area contributed by atoms with Gasteiger partial charge in [0.15, 0.2) is 11.5 Å². The quantitative estimate of drug-likeness (QED) is 0.589. The van der Waals surface area contributed by atoms with Crippen LogP contribution in [0.5, 0.6) is 11.5 Å². The van der Waals surface area contributed by atoms with Gasteiger partial charge in [0.2, 0.25) is 12.7 Å². The first-order valence-corrected chi connectivity index (χ1v) is 10.3. The van der Waals surface area contributed by atoms with Gasteiger partial charge in [-0.25, -0.2) is 4.39 Å². The maximum absolute atomic E-state index is 13.2. The summed E-state index contributed by atoms with van der Waals surface area (Å²) in [6.45, 7) is 1.91. The first-order valence-electron chi connectivity index (χ1n) is 9.50. The summed E-state index contributed by atoms with van der Waals surface area (Å²) in [7, 11) is 0. The molecule has 4 rings (SSSR count). The van der Waals surface area contributed by atoms with E-state index in [2.05, 4.69) is 10.6 Å². The molecule has 1 heterocycles. The van der Waals surface area contributed by atoms with Crippen LogP contribution in [-0.2, 0) is 11.3 Å². The molecule has 0 aliphatic carbocycles. The lowest BCUT2D eigenvalue weighted by molar-refractivity contribution is -0.114. The van der Waals surface area contributed by atoms with Gasteiger partial charge in [-0.2, -0.15) is 0 Å². The van der Waals surface area contributed by atoms with Crippen molar-refractivity contribution in [1.29, 1.82) is 0 Å². The zero-order valence-electron chi connectivity index (χ0n) is 16.6. The van der Waals surface area contributed by atoms with Gasteiger partial charge < -0.3 is 20.1 Å². The number of amides is 2. The van der Waals surface area contributed by atoms with Crippen LogP contribution in [0, 0.1) is 5.82 Å². The Labute approximate surface area is 182 Å². The highest BCUT2D eigenvalue weighted by atomic mass is 32.2. The Bertz CT molecular complexity index is 1130.